The number of benzene rings is 1. The Hall–Kier alpha value is -3.66. The molecule has 10 heteroatoms. The smallest absolute Gasteiger partial charge is 0.260 e. The van der Waals surface area contributed by atoms with Crippen LogP contribution in [-0.4, -0.2) is 62.8 Å². The summed E-state index contributed by atoms with van der Waals surface area (Å²) in [6.07, 6.45) is 6.67. The summed E-state index contributed by atoms with van der Waals surface area (Å²) in [4.78, 5) is 24.6. The zero-order valence-electron chi connectivity index (χ0n) is 19.3. The minimum atomic E-state index is -0.272. The van der Waals surface area contributed by atoms with Gasteiger partial charge in [0.05, 0.1) is 24.1 Å². The van der Waals surface area contributed by atoms with Crippen molar-refractivity contribution in [3.05, 3.63) is 42.0 Å². The lowest BCUT2D eigenvalue weighted by Crippen LogP contribution is -2.29. The fourth-order valence-electron chi connectivity index (χ4n) is 4.45. The van der Waals surface area contributed by atoms with Gasteiger partial charge in [0, 0.05) is 49.6 Å². The summed E-state index contributed by atoms with van der Waals surface area (Å²) in [5, 5.41) is 11.8. The molecule has 1 fully saturated rings. The van der Waals surface area contributed by atoms with Crippen LogP contribution in [0.3, 0.4) is 0 Å². The second-order valence-corrected chi connectivity index (χ2v) is 8.35. The van der Waals surface area contributed by atoms with Crippen molar-refractivity contribution in [1.82, 2.24) is 29.5 Å². The number of rotatable bonds is 6. The average molecular weight is 449 g/mol. The van der Waals surface area contributed by atoms with Gasteiger partial charge in [-0.1, -0.05) is 0 Å². The highest BCUT2D eigenvalue weighted by atomic mass is 16.5. The van der Waals surface area contributed by atoms with Crippen molar-refractivity contribution in [2.75, 3.05) is 37.0 Å². The van der Waals surface area contributed by atoms with Gasteiger partial charge in [0.25, 0.3) is 11.8 Å². The SMILES string of the molecule is CCOc1nc(NC(=O)c2ccc(N3CCC(NC)C3)c3cn(C)nc23)cn2cc(C)nc12. The van der Waals surface area contributed by atoms with Gasteiger partial charge >= 0.3 is 0 Å². The number of aromatic nitrogens is 5. The molecule has 10 nitrogen and oxygen atoms in total. The highest BCUT2D eigenvalue weighted by Crippen LogP contribution is 2.31. The molecule has 5 rings (SSSR count). The van der Waals surface area contributed by atoms with E-state index in [2.05, 4.69) is 30.6 Å². The van der Waals surface area contributed by atoms with Crippen LogP contribution in [0.15, 0.2) is 30.7 Å². The molecule has 4 aromatic rings. The number of hydrogen-bond acceptors (Lipinski definition) is 7. The van der Waals surface area contributed by atoms with Crippen molar-refractivity contribution in [2.45, 2.75) is 26.3 Å². The lowest BCUT2D eigenvalue weighted by atomic mass is 10.1. The fraction of sp³-hybridized carbons (Fsp3) is 0.391. The Bertz CT molecular complexity index is 1340. The van der Waals surface area contributed by atoms with E-state index in [-0.39, 0.29) is 5.91 Å². The molecule has 0 radical (unpaired) electrons. The molecule has 1 saturated heterocycles. The van der Waals surface area contributed by atoms with Crippen LogP contribution < -0.4 is 20.3 Å². The number of carbonyl (C=O) groups excluding carboxylic acids is 1. The molecular weight excluding hydrogens is 420 g/mol. The standard InChI is InChI=1S/C23H28N8O2/c1-5-33-23-21-25-14(2)10-31(21)13-19(27-23)26-22(32)16-6-7-18(17-12-29(4)28-20(16)17)30-9-8-15(11-30)24-3/h6-7,10,12-13,15,24H,5,8-9,11H2,1-4H3,(H,26,32). The van der Waals surface area contributed by atoms with Crippen LogP contribution in [0.4, 0.5) is 11.5 Å². The van der Waals surface area contributed by atoms with Gasteiger partial charge in [0.15, 0.2) is 5.82 Å². The normalized spacial score (nSPS) is 16.1. The maximum Gasteiger partial charge on any atom is 0.260 e. The molecule has 1 aromatic carbocycles. The number of nitrogens with zero attached hydrogens (tertiary/aromatic N) is 6. The number of amides is 1. The van der Waals surface area contributed by atoms with Crippen LogP contribution in [-0.2, 0) is 7.05 Å². The van der Waals surface area contributed by atoms with Crippen LogP contribution in [0.2, 0.25) is 0 Å². The second-order valence-electron chi connectivity index (χ2n) is 8.35. The molecule has 0 aliphatic carbocycles. The number of aryl methyl sites for hydroxylation is 2. The van der Waals surface area contributed by atoms with Gasteiger partial charge in [-0.05, 0) is 39.4 Å². The molecule has 4 heterocycles. The van der Waals surface area contributed by atoms with Gasteiger partial charge in [0.2, 0.25) is 5.65 Å². The average Bonchev–Trinajstić information content (AvgIpc) is 3.50. The molecule has 1 amide bonds. The first-order valence-electron chi connectivity index (χ1n) is 11.2. The predicted octanol–water partition coefficient (Wildman–Crippen LogP) is 2.37. The molecule has 33 heavy (non-hydrogen) atoms. The van der Waals surface area contributed by atoms with Gasteiger partial charge in [-0.25, -0.2) is 4.98 Å². The Morgan fingerprint density at radius 1 is 1.24 bits per heavy atom. The molecule has 1 aliphatic rings. The Labute approximate surface area is 191 Å². The summed E-state index contributed by atoms with van der Waals surface area (Å²) in [6, 6.07) is 4.32. The Morgan fingerprint density at radius 3 is 2.85 bits per heavy atom. The first-order chi connectivity index (χ1) is 16.0. The molecule has 1 aliphatic heterocycles. The highest BCUT2D eigenvalue weighted by molar-refractivity contribution is 6.13. The summed E-state index contributed by atoms with van der Waals surface area (Å²) < 4.78 is 9.22. The second kappa shape index (κ2) is 8.36. The van der Waals surface area contributed by atoms with Crippen LogP contribution in [0.5, 0.6) is 5.88 Å². The third-order valence-electron chi connectivity index (χ3n) is 6.00. The largest absolute Gasteiger partial charge is 0.475 e. The van der Waals surface area contributed by atoms with Crippen molar-refractivity contribution in [2.24, 2.45) is 7.05 Å². The molecular formula is C23H28N8O2. The number of anilines is 2. The Balaban J connectivity index is 1.49. The van der Waals surface area contributed by atoms with E-state index in [1.165, 1.54) is 0 Å². The van der Waals surface area contributed by atoms with Crippen molar-refractivity contribution >= 4 is 34.0 Å². The summed E-state index contributed by atoms with van der Waals surface area (Å²) >= 11 is 0. The molecule has 0 spiro atoms. The molecule has 0 saturated carbocycles. The summed E-state index contributed by atoms with van der Waals surface area (Å²) in [6.45, 7) is 6.14. The molecule has 0 bridgehead atoms. The number of imidazole rings is 1. The van der Waals surface area contributed by atoms with Gasteiger partial charge in [-0.15, -0.1) is 0 Å². The molecule has 1 unspecified atom stereocenters. The summed E-state index contributed by atoms with van der Waals surface area (Å²) in [5.74, 6) is 0.499. The summed E-state index contributed by atoms with van der Waals surface area (Å²) in [7, 11) is 3.87. The third kappa shape index (κ3) is 3.86. The number of hydrogen-bond donors (Lipinski definition) is 2. The van der Waals surface area contributed by atoms with E-state index >= 15 is 0 Å². The van der Waals surface area contributed by atoms with Gasteiger partial charge < -0.3 is 20.3 Å². The van der Waals surface area contributed by atoms with Crippen molar-refractivity contribution in [1.29, 1.82) is 0 Å². The van der Waals surface area contributed by atoms with Crippen LogP contribution in [0.25, 0.3) is 16.6 Å². The van der Waals surface area contributed by atoms with E-state index in [0.29, 0.717) is 41.1 Å². The predicted molar refractivity (Wildman–Crippen MR) is 127 cm³/mol. The zero-order valence-corrected chi connectivity index (χ0v) is 19.3. The van der Waals surface area contributed by atoms with E-state index < -0.39 is 0 Å². The molecule has 3 aromatic heterocycles. The lowest BCUT2D eigenvalue weighted by molar-refractivity contribution is 0.102. The molecule has 172 valence electrons. The topological polar surface area (TPSA) is 102 Å². The fourth-order valence-corrected chi connectivity index (χ4v) is 4.45. The number of ether oxygens (including phenoxy) is 1. The maximum absolute atomic E-state index is 13.3. The monoisotopic (exact) mass is 448 g/mol. The van der Waals surface area contributed by atoms with Crippen molar-refractivity contribution < 1.29 is 9.53 Å². The van der Waals surface area contributed by atoms with E-state index in [9.17, 15) is 4.79 Å². The first-order valence-corrected chi connectivity index (χ1v) is 11.2. The van der Waals surface area contributed by atoms with Gasteiger partial charge in [-0.2, -0.15) is 10.1 Å². The van der Waals surface area contributed by atoms with E-state index in [1.807, 2.05) is 56.9 Å². The highest BCUT2D eigenvalue weighted by Gasteiger charge is 2.25. The van der Waals surface area contributed by atoms with Gasteiger partial charge in [-0.3, -0.25) is 13.9 Å². The van der Waals surface area contributed by atoms with Crippen LogP contribution >= 0.6 is 0 Å². The molecule has 2 N–H and O–H groups in total. The third-order valence-corrected chi connectivity index (χ3v) is 6.00. The number of likely N-dealkylation sites (N-methyl/N-ethyl adjacent to an activating group) is 1. The van der Waals surface area contributed by atoms with Gasteiger partial charge in [0.1, 0.15) is 5.52 Å². The minimum absolute atomic E-state index is 0.272. The van der Waals surface area contributed by atoms with Crippen LogP contribution in [0, 0.1) is 6.92 Å². The van der Waals surface area contributed by atoms with E-state index in [4.69, 9.17) is 4.74 Å². The first kappa shape index (κ1) is 21.2. The zero-order chi connectivity index (χ0) is 23.1. The van der Waals surface area contributed by atoms with Crippen LogP contribution in [0.1, 0.15) is 29.4 Å². The lowest BCUT2D eigenvalue weighted by Gasteiger charge is -2.20. The maximum atomic E-state index is 13.3. The van der Waals surface area contributed by atoms with Crippen molar-refractivity contribution in [3.8, 4) is 5.88 Å². The molecule has 1 atom stereocenters. The Kier molecular flexibility index (Phi) is 5.37. The number of carbonyl (C=O) groups is 1. The minimum Gasteiger partial charge on any atom is -0.475 e. The number of nitrogens with one attached hydrogen (secondary N) is 2. The number of fused-ring (bicyclic) bond motifs is 2. The summed E-state index contributed by atoms with van der Waals surface area (Å²) in [5.41, 5.74) is 3.73. The Morgan fingerprint density at radius 2 is 2.09 bits per heavy atom. The van der Waals surface area contributed by atoms with E-state index in [1.54, 1.807) is 10.9 Å². The quantitative estimate of drug-likeness (QED) is 0.467. The van der Waals surface area contributed by atoms with E-state index in [0.717, 1.165) is 36.3 Å². The van der Waals surface area contributed by atoms with Crippen molar-refractivity contribution in [3.63, 3.8) is 0 Å².